The minimum atomic E-state index is -0.151. The lowest BCUT2D eigenvalue weighted by molar-refractivity contribution is -0.150. The van der Waals surface area contributed by atoms with Gasteiger partial charge in [0.2, 0.25) is 0 Å². The first-order chi connectivity index (χ1) is 13.1. The van der Waals surface area contributed by atoms with Crippen LogP contribution < -0.4 is 0 Å². The van der Waals surface area contributed by atoms with Gasteiger partial charge in [-0.2, -0.15) is 0 Å². The fourth-order valence-electron chi connectivity index (χ4n) is 3.09. The highest BCUT2D eigenvalue weighted by Gasteiger charge is 2.10. The molecule has 0 spiro atoms. The summed E-state index contributed by atoms with van der Waals surface area (Å²) in [5, 5.41) is 0. The molecule has 0 N–H and O–H groups in total. The van der Waals surface area contributed by atoms with Crippen LogP contribution in [0.5, 0.6) is 0 Å². The maximum atomic E-state index is 11.7. The van der Waals surface area contributed by atoms with Crippen molar-refractivity contribution in [2.75, 3.05) is 6.61 Å². The molecule has 0 amide bonds. The Bertz CT molecular complexity index is 350. The molecule has 0 aromatic carbocycles. The Labute approximate surface area is 167 Å². The number of unbranched alkanes of at least 4 members (excludes halogenated alkanes) is 10. The lowest BCUT2D eigenvalue weighted by Crippen LogP contribution is -2.16. The van der Waals surface area contributed by atoms with Gasteiger partial charge in [-0.1, -0.05) is 78.6 Å². The summed E-state index contributed by atoms with van der Waals surface area (Å²) in [6.07, 6.45) is 16.7. The number of rotatable bonds is 19. The van der Waals surface area contributed by atoms with Crippen LogP contribution in [0.1, 0.15) is 124 Å². The number of hydrogen-bond acceptors (Lipinski definition) is 4. The number of carbonyl (C=O) groups is 2. The predicted molar refractivity (Wildman–Crippen MR) is 112 cm³/mol. The van der Waals surface area contributed by atoms with Gasteiger partial charge in [-0.15, -0.1) is 0 Å². The van der Waals surface area contributed by atoms with E-state index in [0.29, 0.717) is 32.3 Å². The Morgan fingerprint density at radius 2 is 1.11 bits per heavy atom. The zero-order valence-electron chi connectivity index (χ0n) is 18.2. The quantitative estimate of drug-likeness (QED) is 0.183. The van der Waals surface area contributed by atoms with E-state index in [1.165, 1.54) is 51.4 Å². The lowest BCUT2D eigenvalue weighted by atomic mass is 10.1. The molecule has 0 aliphatic rings. The van der Waals surface area contributed by atoms with E-state index in [0.717, 1.165) is 25.7 Å². The van der Waals surface area contributed by atoms with Crippen molar-refractivity contribution in [1.82, 2.24) is 0 Å². The minimum Gasteiger partial charge on any atom is -0.466 e. The summed E-state index contributed by atoms with van der Waals surface area (Å²) in [6, 6.07) is 0. The molecule has 0 fully saturated rings. The van der Waals surface area contributed by atoms with Crippen LogP contribution in [-0.2, 0) is 19.1 Å². The van der Waals surface area contributed by atoms with Crippen molar-refractivity contribution in [1.29, 1.82) is 0 Å². The highest BCUT2D eigenvalue weighted by molar-refractivity contribution is 5.70. The molecule has 4 nitrogen and oxygen atoms in total. The summed E-state index contributed by atoms with van der Waals surface area (Å²) < 4.78 is 10.6. The molecule has 0 radical (unpaired) electrons. The molecule has 0 saturated carbocycles. The molecule has 0 unspecified atom stereocenters. The Hall–Kier alpha value is -1.06. The number of esters is 2. The van der Waals surface area contributed by atoms with Crippen molar-refractivity contribution < 1.29 is 19.1 Å². The number of ether oxygens (including phenoxy) is 2. The van der Waals surface area contributed by atoms with Gasteiger partial charge in [0.05, 0.1) is 6.61 Å². The zero-order valence-corrected chi connectivity index (χ0v) is 18.2. The second-order valence-electron chi connectivity index (χ2n) is 7.54. The maximum absolute atomic E-state index is 11.7. The fraction of sp³-hybridized carbons (Fsp3) is 0.913. The van der Waals surface area contributed by atoms with E-state index in [1.807, 2.05) is 13.8 Å². The average Bonchev–Trinajstić information content (AvgIpc) is 2.67. The normalized spacial score (nSPS) is 11.0. The Morgan fingerprint density at radius 3 is 1.63 bits per heavy atom. The third-order valence-electron chi connectivity index (χ3n) is 4.98. The first-order valence-corrected chi connectivity index (χ1v) is 11.5. The van der Waals surface area contributed by atoms with Crippen molar-refractivity contribution >= 4 is 11.9 Å². The molecule has 0 saturated heterocycles. The van der Waals surface area contributed by atoms with E-state index in [1.54, 1.807) is 0 Å². The number of carbonyl (C=O) groups excluding carboxylic acids is 2. The molecule has 0 aliphatic heterocycles. The molecule has 27 heavy (non-hydrogen) atoms. The molecule has 0 bridgehead atoms. The number of hydrogen-bond donors (Lipinski definition) is 0. The molecule has 4 heteroatoms. The third kappa shape index (κ3) is 18.1. The Kier molecular flexibility index (Phi) is 18.9. The van der Waals surface area contributed by atoms with E-state index in [2.05, 4.69) is 6.92 Å². The topological polar surface area (TPSA) is 52.6 Å². The summed E-state index contributed by atoms with van der Waals surface area (Å²) in [5.74, 6) is -0.290. The molecular weight excluding hydrogens is 340 g/mol. The molecular formula is C23H44O4. The van der Waals surface area contributed by atoms with Crippen LogP contribution in [0, 0.1) is 0 Å². The Morgan fingerprint density at radius 1 is 0.630 bits per heavy atom. The lowest BCUT2D eigenvalue weighted by Gasteiger charge is -2.13. The average molecular weight is 385 g/mol. The van der Waals surface area contributed by atoms with Crippen molar-refractivity contribution in [2.24, 2.45) is 0 Å². The zero-order chi connectivity index (χ0) is 20.2. The summed E-state index contributed by atoms with van der Waals surface area (Å²) in [5.41, 5.74) is 0. The van der Waals surface area contributed by atoms with Gasteiger partial charge in [0.15, 0.2) is 0 Å². The molecule has 0 rings (SSSR count). The van der Waals surface area contributed by atoms with Crippen LogP contribution in [0.2, 0.25) is 0 Å². The molecule has 0 aromatic rings. The van der Waals surface area contributed by atoms with E-state index in [9.17, 15) is 9.59 Å². The van der Waals surface area contributed by atoms with E-state index in [4.69, 9.17) is 9.47 Å². The molecule has 0 aromatic heterocycles. The molecule has 0 atom stereocenters. The largest absolute Gasteiger partial charge is 0.466 e. The van der Waals surface area contributed by atoms with Crippen LogP contribution in [-0.4, -0.2) is 24.6 Å². The van der Waals surface area contributed by atoms with Crippen LogP contribution in [0.25, 0.3) is 0 Å². The van der Waals surface area contributed by atoms with E-state index in [-0.39, 0.29) is 18.0 Å². The SMILES string of the molecule is CCCCCCCCCCCCOC(=O)CCCCC(=O)OC(CC)CC. The highest BCUT2D eigenvalue weighted by Crippen LogP contribution is 2.11. The van der Waals surface area contributed by atoms with E-state index < -0.39 is 0 Å². The summed E-state index contributed by atoms with van der Waals surface area (Å²) in [6.45, 7) is 6.82. The minimum absolute atomic E-state index is 0.0310. The van der Waals surface area contributed by atoms with Crippen molar-refractivity contribution in [3.63, 3.8) is 0 Å². The summed E-state index contributed by atoms with van der Waals surface area (Å²) in [7, 11) is 0. The second kappa shape index (κ2) is 19.7. The predicted octanol–water partition coefficient (Wildman–Crippen LogP) is 6.74. The first kappa shape index (κ1) is 25.9. The van der Waals surface area contributed by atoms with Gasteiger partial charge in [0.1, 0.15) is 6.10 Å². The Balaban J connectivity index is 3.36. The molecule has 0 aliphatic carbocycles. The van der Waals surface area contributed by atoms with Gasteiger partial charge in [0, 0.05) is 12.8 Å². The van der Waals surface area contributed by atoms with Crippen molar-refractivity contribution in [3.05, 3.63) is 0 Å². The third-order valence-corrected chi connectivity index (χ3v) is 4.98. The van der Waals surface area contributed by atoms with Gasteiger partial charge in [-0.25, -0.2) is 0 Å². The maximum Gasteiger partial charge on any atom is 0.306 e. The highest BCUT2D eigenvalue weighted by atomic mass is 16.5. The van der Waals surface area contributed by atoms with Gasteiger partial charge in [-0.3, -0.25) is 9.59 Å². The summed E-state index contributed by atoms with van der Waals surface area (Å²) >= 11 is 0. The van der Waals surface area contributed by atoms with Crippen molar-refractivity contribution in [3.8, 4) is 0 Å². The summed E-state index contributed by atoms with van der Waals surface area (Å²) in [4.78, 5) is 23.3. The molecule has 160 valence electrons. The molecule has 0 heterocycles. The van der Waals surface area contributed by atoms with Gasteiger partial charge < -0.3 is 9.47 Å². The standard InChI is InChI=1S/C23H44O4/c1-4-7-8-9-10-11-12-13-14-17-20-26-22(24)18-15-16-19-23(25)27-21(5-2)6-3/h21H,4-20H2,1-3H3. The monoisotopic (exact) mass is 384 g/mol. The van der Waals surface area contributed by atoms with E-state index >= 15 is 0 Å². The van der Waals surface area contributed by atoms with Gasteiger partial charge in [-0.05, 0) is 32.1 Å². The van der Waals surface area contributed by atoms with Crippen molar-refractivity contribution in [2.45, 2.75) is 130 Å². The smallest absolute Gasteiger partial charge is 0.306 e. The van der Waals surface area contributed by atoms with Crippen LogP contribution in [0.15, 0.2) is 0 Å². The van der Waals surface area contributed by atoms with Crippen LogP contribution in [0.3, 0.4) is 0 Å². The van der Waals surface area contributed by atoms with Gasteiger partial charge in [0.25, 0.3) is 0 Å². The second-order valence-corrected chi connectivity index (χ2v) is 7.54. The first-order valence-electron chi connectivity index (χ1n) is 11.5. The van der Waals surface area contributed by atoms with Gasteiger partial charge >= 0.3 is 11.9 Å². The fourth-order valence-corrected chi connectivity index (χ4v) is 3.09. The van der Waals surface area contributed by atoms with Crippen LogP contribution in [0.4, 0.5) is 0 Å². The van der Waals surface area contributed by atoms with Crippen LogP contribution >= 0.6 is 0 Å².